The van der Waals surface area contributed by atoms with Gasteiger partial charge in [-0.1, -0.05) is 11.6 Å². The van der Waals surface area contributed by atoms with E-state index in [2.05, 4.69) is 10.6 Å². The van der Waals surface area contributed by atoms with Gasteiger partial charge in [-0.05, 0) is 31.0 Å². The van der Waals surface area contributed by atoms with Crippen molar-refractivity contribution in [2.45, 2.75) is 31.3 Å². The zero-order chi connectivity index (χ0) is 15.3. The Morgan fingerprint density at radius 3 is 2.64 bits per heavy atom. The quantitative estimate of drug-likeness (QED) is 0.834. The number of rotatable bonds is 1. The summed E-state index contributed by atoms with van der Waals surface area (Å²) in [4.78, 5) is 26.4. The Bertz CT molecular complexity index is 649. The van der Waals surface area contributed by atoms with Crippen molar-refractivity contribution in [1.82, 2.24) is 10.2 Å². The predicted molar refractivity (Wildman–Crippen MR) is 83.8 cm³/mol. The van der Waals surface area contributed by atoms with Gasteiger partial charge < -0.3 is 15.5 Å². The van der Waals surface area contributed by atoms with Crippen LogP contribution in [0.4, 0.5) is 5.69 Å². The van der Waals surface area contributed by atoms with Crippen LogP contribution in [0.15, 0.2) is 18.2 Å². The summed E-state index contributed by atoms with van der Waals surface area (Å²) in [6.45, 7) is 1.36. The molecule has 6 heteroatoms. The number of amides is 2. The number of hydrogen-bond acceptors (Lipinski definition) is 3. The van der Waals surface area contributed by atoms with E-state index in [1.54, 1.807) is 18.2 Å². The second-order valence-corrected chi connectivity index (χ2v) is 6.89. The number of anilines is 1. The lowest BCUT2D eigenvalue weighted by molar-refractivity contribution is -0.134. The highest BCUT2D eigenvalue weighted by molar-refractivity contribution is 6.31. The lowest BCUT2D eigenvalue weighted by Crippen LogP contribution is -2.62. The van der Waals surface area contributed by atoms with Crippen LogP contribution in [0.1, 0.15) is 36.0 Å². The third-order valence-electron chi connectivity index (χ3n) is 4.81. The van der Waals surface area contributed by atoms with Crippen LogP contribution >= 0.6 is 11.6 Å². The van der Waals surface area contributed by atoms with Gasteiger partial charge in [0.1, 0.15) is 5.66 Å². The van der Waals surface area contributed by atoms with Crippen molar-refractivity contribution < 1.29 is 9.59 Å². The third kappa shape index (κ3) is 2.33. The average Bonchev–Trinajstić information content (AvgIpc) is 3.31. The normalized spacial score (nSPS) is 22.8. The zero-order valence-corrected chi connectivity index (χ0v) is 12.9. The predicted octanol–water partition coefficient (Wildman–Crippen LogP) is 2.22. The van der Waals surface area contributed by atoms with E-state index in [1.807, 2.05) is 4.90 Å². The van der Waals surface area contributed by atoms with Gasteiger partial charge in [0, 0.05) is 36.9 Å². The van der Waals surface area contributed by atoms with Crippen LogP contribution in [0.3, 0.4) is 0 Å². The van der Waals surface area contributed by atoms with E-state index in [0.29, 0.717) is 36.5 Å². The van der Waals surface area contributed by atoms with Crippen LogP contribution in [-0.4, -0.2) is 35.5 Å². The van der Waals surface area contributed by atoms with Gasteiger partial charge in [0.25, 0.3) is 5.91 Å². The van der Waals surface area contributed by atoms with Gasteiger partial charge in [0.15, 0.2) is 0 Å². The molecular weight excluding hydrogens is 302 g/mol. The first-order valence-electron chi connectivity index (χ1n) is 7.75. The molecule has 1 aromatic carbocycles. The van der Waals surface area contributed by atoms with E-state index in [9.17, 15) is 9.59 Å². The maximum atomic E-state index is 12.3. The number of carbonyl (C=O) groups excluding carboxylic acids is 2. The van der Waals surface area contributed by atoms with E-state index >= 15 is 0 Å². The molecule has 2 amide bonds. The van der Waals surface area contributed by atoms with Crippen LogP contribution in [0.5, 0.6) is 0 Å². The first-order valence-corrected chi connectivity index (χ1v) is 8.13. The minimum atomic E-state index is -0.463. The van der Waals surface area contributed by atoms with E-state index < -0.39 is 5.66 Å². The molecule has 0 aromatic heterocycles. The molecule has 22 heavy (non-hydrogen) atoms. The van der Waals surface area contributed by atoms with E-state index in [0.717, 1.165) is 18.5 Å². The van der Waals surface area contributed by atoms with E-state index in [1.165, 1.54) is 0 Å². The van der Waals surface area contributed by atoms with Gasteiger partial charge >= 0.3 is 0 Å². The molecule has 0 radical (unpaired) electrons. The van der Waals surface area contributed by atoms with E-state index in [-0.39, 0.29) is 17.7 Å². The molecule has 3 aliphatic rings. The van der Waals surface area contributed by atoms with Gasteiger partial charge in [-0.2, -0.15) is 0 Å². The summed E-state index contributed by atoms with van der Waals surface area (Å²) in [7, 11) is 0. The first kappa shape index (κ1) is 13.9. The van der Waals surface area contributed by atoms with E-state index in [4.69, 9.17) is 11.6 Å². The summed E-state index contributed by atoms with van der Waals surface area (Å²) in [6.07, 6.45) is 3.48. The van der Waals surface area contributed by atoms with Crippen LogP contribution in [0.25, 0.3) is 0 Å². The van der Waals surface area contributed by atoms with Crippen LogP contribution < -0.4 is 10.6 Å². The van der Waals surface area contributed by atoms with Crippen molar-refractivity contribution >= 4 is 29.1 Å². The highest BCUT2D eigenvalue weighted by Crippen LogP contribution is 2.35. The highest BCUT2D eigenvalue weighted by Gasteiger charge is 2.43. The summed E-state index contributed by atoms with van der Waals surface area (Å²) in [6, 6.07) is 5.24. The van der Waals surface area contributed by atoms with Gasteiger partial charge in [-0.25, -0.2) is 0 Å². The molecule has 116 valence electrons. The van der Waals surface area contributed by atoms with Crippen LogP contribution in [-0.2, 0) is 4.79 Å². The Hall–Kier alpha value is -1.75. The maximum Gasteiger partial charge on any atom is 0.255 e. The SMILES string of the molecule is O=C1NC2(CCN(C(=O)C3CC3)CC2)Nc2cc(Cl)ccc21. The average molecular weight is 320 g/mol. The molecule has 4 rings (SSSR count). The third-order valence-corrected chi connectivity index (χ3v) is 5.04. The second-order valence-electron chi connectivity index (χ2n) is 6.45. The maximum absolute atomic E-state index is 12.3. The number of carbonyl (C=O) groups is 2. The van der Waals surface area contributed by atoms with Gasteiger partial charge in [0.2, 0.25) is 5.91 Å². The minimum absolute atomic E-state index is 0.0765. The molecule has 1 aromatic rings. The molecule has 2 N–H and O–H groups in total. The molecule has 5 nitrogen and oxygen atoms in total. The largest absolute Gasteiger partial charge is 0.362 e. The Labute approximate surface area is 134 Å². The molecule has 1 spiro atoms. The number of fused-ring (bicyclic) bond motifs is 1. The summed E-state index contributed by atoms with van der Waals surface area (Å²) < 4.78 is 0. The smallest absolute Gasteiger partial charge is 0.255 e. The lowest BCUT2D eigenvalue weighted by Gasteiger charge is -2.46. The Balaban J connectivity index is 1.52. The molecular formula is C16H18ClN3O2. The Morgan fingerprint density at radius 2 is 1.95 bits per heavy atom. The Kier molecular flexibility index (Phi) is 3.08. The molecule has 1 aliphatic carbocycles. The molecule has 0 bridgehead atoms. The summed E-state index contributed by atoms with van der Waals surface area (Å²) in [5, 5.41) is 7.12. The molecule has 1 saturated carbocycles. The molecule has 2 heterocycles. The molecule has 0 atom stereocenters. The number of hydrogen-bond donors (Lipinski definition) is 2. The fourth-order valence-electron chi connectivity index (χ4n) is 3.34. The van der Waals surface area contributed by atoms with Crippen molar-refractivity contribution in [2.75, 3.05) is 18.4 Å². The monoisotopic (exact) mass is 319 g/mol. The van der Waals surface area contributed by atoms with Crippen LogP contribution in [0.2, 0.25) is 5.02 Å². The number of nitrogens with zero attached hydrogens (tertiary/aromatic N) is 1. The number of halogens is 1. The summed E-state index contributed by atoms with van der Waals surface area (Å²) in [5.41, 5.74) is 0.930. The molecule has 2 fully saturated rings. The number of benzene rings is 1. The van der Waals surface area contributed by atoms with Crippen molar-refractivity contribution in [3.05, 3.63) is 28.8 Å². The van der Waals surface area contributed by atoms with Crippen molar-refractivity contribution in [1.29, 1.82) is 0 Å². The lowest BCUT2D eigenvalue weighted by atomic mass is 9.92. The Morgan fingerprint density at radius 1 is 1.23 bits per heavy atom. The second kappa shape index (κ2) is 4.88. The molecule has 1 saturated heterocycles. The summed E-state index contributed by atoms with van der Waals surface area (Å²) >= 11 is 6.03. The topological polar surface area (TPSA) is 61.4 Å². The van der Waals surface area contributed by atoms with Crippen molar-refractivity contribution in [2.24, 2.45) is 5.92 Å². The van der Waals surface area contributed by atoms with Crippen molar-refractivity contribution in [3.8, 4) is 0 Å². The first-order chi connectivity index (χ1) is 10.6. The highest BCUT2D eigenvalue weighted by atomic mass is 35.5. The summed E-state index contributed by atoms with van der Waals surface area (Å²) in [5.74, 6) is 0.454. The van der Waals surface area contributed by atoms with Gasteiger partial charge in [0.05, 0.1) is 11.3 Å². The zero-order valence-electron chi connectivity index (χ0n) is 12.2. The number of piperidine rings is 1. The van der Waals surface area contributed by atoms with Gasteiger partial charge in [-0.3, -0.25) is 9.59 Å². The molecule has 0 unspecified atom stereocenters. The number of likely N-dealkylation sites (tertiary alicyclic amines) is 1. The molecule has 2 aliphatic heterocycles. The fraction of sp³-hybridized carbons (Fsp3) is 0.500. The van der Waals surface area contributed by atoms with Gasteiger partial charge in [-0.15, -0.1) is 0 Å². The van der Waals surface area contributed by atoms with Crippen LogP contribution in [0, 0.1) is 5.92 Å². The number of nitrogens with one attached hydrogen (secondary N) is 2. The van der Waals surface area contributed by atoms with Crippen molar-refractivity contribution in [3.63, 3.8) is 0 Å². The fourth-order valence-corrected chi connectivity index (χ4v) is 3.51. The standard InChI is InChI=1S/C16H18ClN3O2/c17-11-3-4-12-13(9-11)18-16(19-14(12)21)5-7-20(8-6-16)15(22)10-1-2-10/h3-4,9-10,18H,1-2,5-8H2,(H,19,21). The minimum Gasteiger partial charge on any atom is -0.362 e.